The molecule has 0 amide bonds. The Morgan fingerprint density at radius 1 is 1.23 bits per heavy atom. The van der Waals surface area contributed by atoms with Gasteiger partial charge in [-0.2, -0.15) is 0 Å². The zero-order chi connectivity index (χ0) is 19.7. The summed E-state index contributed by atoms with van der Waals surface area (Å²) in [4.78, 5) is 24.6. The van der Waals surface area contributed by atoms with Gasteiger partial charge < -0.3 is 9.47 Å². The Morgan fingerprint density at radius 2 is 1.85 bits per heavy atom. The second kappa shape index (κ2) is 7.26. The molecule has 1 saturated carbocycles. The highest BCUT2D eigenvalue weighted by Crippen LogP contribution is 2.58. The van der Waals surface area contributed by atoms with E-state index in [9.17, 15) is 9.59 Å². The standard InChI is InChI=1S/C22H30O4/c1-14(2)19(23)26-18-11-9-8-10-17(18)20(24)25-16(4)22(7)13-12-15(3)21(22,5)6/h8-11,15-16H,1,12-13H2,2-7H3. The summed E-state index contributed by atoms with van der Waals surface area (Å²) in [7, 11) is 0. The highest BCUT2D eigenvalue weighted by atomic mass is 16.6. The molecule has 0 radical (unpaired) electrons. The van der Waals surface area contributed by atoms with E-state index in [0.717, 1.165) is 12.8 Å². The summed E-state index contributed by atoms with van der Waals surface area (Å²) >= 11 is 0. The minimum atomic E-state index is -0.559. The van der Waals surface area contributed by atoms with Crippen LogP contribution in [0.3, 0.4) is 0 Å². The number of ether oxygens (including phenoxy) is 2. The predicted molar refractivity (Wildman–Crippen MR) is 102 cm³/mol. The van der Waals surface area contributed by atoms with Crippen LogP contribution in [-0.4, -0.2) is 18.0 Å². The third-order valence-corrected chi connectivity index (χ3v) is 6.64. The Hall–Kier alpha value is -2.10. The smallest absolute Gasteiger partial charge is 0.342 e. The Bertz CT molecular complexity index is 719. The second-order valence-electron chi connectivity index (χ2n) is 8.29. The summed E-state index contributed by atoms with van der Waals surface area (Å²) < 4.78 is 11.1. The molecule has 1 fully saturated rings. The van der Waals surface area contributed by atoms with Crippen molar-refractivity contribution in [1.82, 2.24) is 0 Å². The topological polar surface area (TPSA) is 52.6 Å². The zero-order valence-electron chi connectivity index (χ0n) is 16.7. The first-order valence-electron chi connectivity index (χ1n) is 9.18. The Morgan fingerprint density at radius 3 is 2.38 bits per heavy atom. The van der Waals surface area contributed by atoms with Gasteiger partial charge >= 0.3 is 11.9 Å². The molecular weight excluding hydrogens is 328 g/mol. The van der Waals surface area contributed by atoms with Crippen molar-refractivity contribution in [3.8, 4) is 5.75 Å². The van der Waals surface area contributed by atoms with Crippen molar-refractivity contribution in [3.63, 3.8) is 0 Å². The van der Waals surface area contributed by atoms with Gasteiger partial charge in [-0.05, 0) is 50.2 Å². The lowest BCUT2D eigenvalue weighted by Gasteiger charge is -2.44. The van der Waals surface area contributed by atoms with E-state index in [0.29, 0.717) is 5.92 Å². The van der Waals surface area contributed by atoms with E-state index in [-0.39, 0.29) is 33.8 Å². The molecule has 26 heavy (non-hydrogen) atoms. The average Bonchev–Trinajstić information content (AvgIpc) is 2.79. The number of rotatable bonds is 5. The van der Waals surface area contributed by atoms with Gasteiger partial charge in [0.2, 0.25) is 0 Å². The van der Waals surface area contributed by atoms with Crippen molar-refractivity contribution >= 4 is 11.9 Å². The highest BCUT2D eigenvalue weighted by molar-refractivity contribution is 5.95. The molecule has 2 rings (SSSR count). The van der Waals surface area contributed by atoms with Crippen molar-refractivity contribution in [2.24, 2.45) is 16.7 Å². The Labute approximate surface area is 156 Å². The van der Waals surface area contributed by atoms with Crippen LogP contribution in [0, 0.1) is 16.7 Å². The molecule has 142 valence electrons. The molecule has 0 saturated heterocycles. The number of esters is 2. The lowest BCUT2D eigenvalue weighted by atomic mass is 9.63. The van der Waals surface area contributed by atoms with Crippen LogP contribution >= 0.6 is 0 Å². The normalized spacial score (nSPS) is 25.4. The first-order valence-corrected chi connectivity index (χ1v) is 9.18. The van der Waals surface area contributed by atoms with Gasteiger partial charge in [0.15, 0.2) is 0 Å². The van der Waals surface area contributed by atoms with Gasteiger partial charge in [0.25, 0.3) is 0 Å². The van der Waals surface area contributed by atoms with Crippen molar-refractivity contribution in [3.05, 3.63) is 42.0 Å². The molecule has 3 unspecified atom stereocenters. The zero-order valence-corrected chi connectivity index (χ0v) is 16.7. The number of benzene rings is 1. The summed E-state index contributed by atoms with van der Waals surface area (Å²) in [5.41, 5.74) is 0.487. The maximum absolute atomic E-state index is 12.8. The van der Waals surface area contributed by atoms with Gasteiger partial charge in [-0.25, -0.2) is 9.59 Å². The van der Waals surface area contributed by atoms with E-state index in [4.69, 9.17) is 9.47 Å². The van der Waals surface area contributed by atoms with E-state index >= 15 is 0 Å². The van der Waals surface area contributed by atoms with E-state index in [1.54, 1.807) is 31.2 Å². The maximum Gasteiger partial charge on any atom is 0.342 e. The Balaban J connectivity index is 2.20. The van der Waals surface area contributed by atoms with Gasteiger partial charge in [-0.3, -0.25) is 0 Å². The van der Waals surface area contributed by atoms with Crippen LogP contribution in [0.1, 0.15) is 64.7 Å². The summed E-state index contributed by atoms with van der Waals surface area (Å²) in [5.74, 6) is -0.269. The van der Waals surface area contributed by atoms with Crippen LogP contribution in [0.25, 0.3) is 0 Å². The number of carbonyl (C=O) groups is 2. The molecule has 1 aromatic rings. The van der Waals surface area contributed by atoms with E-state index < -0.39 is 11.9 Å². The van der Waals surface area contributed by atoms with Crippen LogP contribution in [0.15, 0.2) is 36.4 Å². The van der Waals surface area contributed by atoms with Crippen LogP contribution in [-0.2, 0) is 9.53 Å². The SMILES string of the molecule is C=C(C)C(=O)Oc1ccccc1C(=O)OC(C)C1(C)CCC(C)C1(C)C. The lowest BCUT2D eigenvalue weighted by Crippen LogP contribution is -2.43. The highest BCUT2D eigenvalue weighted by Gasteiger charge is 2.53. The molecule has 1 aromatic carbocycles. The van der Waals surface area contributed by atoms with E-state index in [2.05, 4.69) is 34.3 Å². The minimum absolute atomic E-state index is 0.0681. The first-order chi connectivity index (χ1) is 12.0. The molecule has 4 nitrogen and oxygen atoms in total. The molecule has 4 heteroatoms. The van der Waals surface area contributed by atoms with E-state index in [1.807, 2.05) is 6.92 Å². The fourth-order valence-electron chi connectivity index (χ4n) is 3.75. The summed E-state index contributed by atoms with van der Waals surface area (Å²) in [6.07, 6.45) is 1.89. The maximum atomic E-state index is 12.8. The lowest BCUT2D eigenvalue weighted by molar-refractivity contribution is -0.130. The predicted octanol–water partition coefficient (Wildman–Crippen LogP) is 5.18. The van der Waals surface area contributed by atoms with Gasteiger partial charge in [0.05, 0.1) is 0 Å². The monoisotopic (exact) mass is 358 g/mol. The molecule has 3 atom stereocenters. The van der Waals surface area contributed by atoms with Gasteiger partial charge in [0, 0.05) is 11.0 Å². The minimum Gasteiger partial charge on any atom is -0.458 e. The molecule has 0 bridgehead atoms. The molecular formula is C22H30O4. The van der Waals surface area contributed by atoms with Crippen LogP contribution < -0.4 is 4.74 Å². The second-order valence-corrected chi connectivity index (χ2v) is 8.29. The molecule has 0 heterocycles. The number of hydrogen-bond donors (Lipinski definition) is 0. The van der Waals surface area contributed by atoms with Crippen LogP contribution in [0.2, 0.25) is 0 Å². The van der Waals surface area contributed by atoms with Crippen LogP contribution in [0.4, 0.5) is 0 Å². The quantitative estimate of drug-likeness (QED) is 0.414. The van der Waals surface area contributed by atoms with Crippen molar-refractivity contribution in [2.75, 3.05) is 0 Å². The summed E-state index contributed by atoms with van der Waals surface area (Å²) in [6, 6.07) is 6.64. The molecule has 0 aromatic heterocycles. The van der Waals surface area contributed by atoms with Gasteiger partial charge in [-0.15, -0.1) is 0 Å². The third-order valence-electron chi connectivity index (χ3n) is 6.64. The van der Waals surface area contributed by atoms with Crippen molar-refractivity contribution in [2.45, 2.75) is 60.5 Å². The first kappa shape index (κ1) is 20.2. The summed E-state index contributed by atoms with van der Waals surface area (Å²) in [6.45, 7) is 16.0. The molecule has 0 aliphatic heterocycles. The fourth-order valence-corrected chi connectivity index (χ4v) is 3.75. The number of hydrogen-bond acceptors (Lipinski definition) is 4. The molecule has 0 N–H and O–H groups in total. The average molecular weight is 358 g/mol. The molecule has 1 aliphatic rings. The summed E-state index contributed by atoms with van der Waals surface area (Å²) in [5, 5.41) is 0. The van der Waals surface area contributed by atoms with Gasteiger partial charge in [0.1, 0.15) is 17.4 Å². The van der Waals surface area contributed by atoms with Crippen LogP contribution in [0.5, 0.6) is 5.75 Å². The number of carbonyl (C=O) groups excluding carboxylic acids is 2. The Kier molecular flexibility index (Phi) is 5.64. The molecule has 1 aliphatic carbocycles. The van der Waals surface area contributed by atoms with E-state index in [1.165, 1.54) is 0 Å². The van der Waals surface area contributed by atoms with Gasteiger partial charge in [-0.1, -0.05) is 46.4 Å². The third kappa shape index (κ3) is 3.55. The number of para-hydroxylation sites is 1. The van der Waals surface area contributed by atoms with Crippen molar-refractivity contribution in [1.29, 1.82) is 0 Å². The largest absolute Gasteiger partial charge is 0.458 e. The molecule has 0 spiro atoms. The fraction of sp³-hybridized carbons (Fsp3) is 0.545. The van der Waals surface area contributed by atoms with Crippen molar-refractivity contribution < 1.29 is 19.1 Å².